The molecule has 1 aliphatic heterocycles. The van der Waals surface area contributed by atoms with E-state index in [1.807, 2.05) is 18.2 Å². The molecular formula is C26H34N2O2. The van der Waals surface area contributed by atoms with E-state index >= 15 is 0 Å². The lowest BCUT2D eigenvalue weighted by Crippen LogP contribution is -2.45. The maximum Gasteiger partial charge on any atom is 0.233 e. The van der Waals surface area contributed by atoms with E-state index in [4.69, 9.17) is 4.74 Å². The first kappa shape index (κ1) is 20.9. The summed E-state index contributed by atoms with van der Waals surface area (Å²) in [6.45, 7) is 3.94. The third-order valence-corrected chi connectivity index (χ3v) is 6.92. The third-order valence-electron chi connectivity index (χ3n) is 6.92. The Morgan fingerprint density at radius 3 is 2.33 bits per heavy atom. The molecule has 4 heteroatoms. The van der Waals surface area contributed by atoms with Crippen LogP contribution in [-0.4, -0.2) is 56.0 Å². The van der Waals surface area contributed by atoms with Gasteiger partial charge >= 0.3 is 0 Å². The van der Waals surface area contributed by atoms with Gasteiger partial charge in [-0.15, -0.1) is 0 Å². The third kappa shape index (κ3) is 4.70. The van der Waals surface area contributed by atoms with Crippen molar-refractivity contribution in [1.82, 2.24) is 9.80 Å². The Balaban J connectivity index is 1.48. The van der Waals surface area contributed by atoms with Gasteiger partial charge in [-0.25, -0.2) is 0 Å². The van der Waals surface area contributed by atoms with Gasteiger partial charge in [0.05, 0.1) is 12.5 Å². The number of carbonyl (C=O) groups excluding carboxylic acids is 1. The average Bonchev–Trinajstić information content (AvgIpc) is 3.60. The molecule has 1 saturated heterocycles. The first-order chi connectivity index (χ1) is 14.6. The summed E-state index contributed by atoms with van der Waals surface area (Å²) < 4.78 is 5.28. The highest BCUT2D eigenvalue weighted by atomic mass is 16.5. The van der Waals surface area contributed by atoms with Crippen molar-refractivity contribution in [2.75, 3.05) is 40.3 Å². The Hall–Kier alpha value is -2.33. The molecular weight excluding hydrogens is 372 g/mol. The van der Waals surface area contributed by atoms with Crippen LogP contribution in [0.5, 0.6) is 5.75 Å². The molecule has 1 heterocycles. The number of nitrogens with zero attached hydrogens (tertiary/aromatic N) is 2. The van der Waals surface area contributed by atoms with Crippen LogP contribution in [0.2, 0.25) is 0 Å². The summed E-state index contributed by atoms with van der Waals surface area (Å²) in [5.74, 6) is 1.81. The van der Waals surface area contributed by atoms with Crippen LogP contribution in [0.15, 0.2) is 54.6 Å². The van der Waals surface area contributed by atoms with E-state index in [0.717, 1.165) is 51.2 Å². The molecule has 2 aliphatic rings. The van der Waals surface area contributed by atoms with E-state index in [1.54, 1.807) is 7.11 Å². The molecule has 1 amide bonds. The summed E-state index contributed by atoms with van der Waals surface area (Å²) >= 11 is 0. The summed E-state index contributed by atoms with van der Waals surface area (Å²) in [5.41, 5.74) is 2.15. The van der Waals surface area contributed by atoms with Gasteiger partial charge in [0.2, 0.25) is 5.91 Å². The second kappa shape index (κ2) is 9.22. The van der Waals surface area contributed by atoms with E-state index in [1.165, 1.54) is 24.0 Å². The zero-order valence-electron chi connectivity index (χ0n) is 18.3. The van der Waals surface area contributed by atoms with Crippen molar-refractivity contribution in [2.24, 2.45) is 5.92 Å². The molecule has 2 aromatic carbocycles. The Morgan fingerprint density at radius 1 is 1.07 bits per heavy atom. The van der Waals surface area contributed by atoms with Gasteiger partial charge in [0.1, 0.15) is 5.75 Å². The van der Waals surface area contributed by atoms with Crippen LogP contribution in [0, 0.1) is 5.92 Å². The lowest BCUT2D eigenvalue weighted by Gasteiger charge is -2.35. The predicted molar refractivity (Wildman–Crippen MR) is 121 cm³/mol. The van der Waals surface area contributed by atoms with Gasteiger partial charge in [0.25, 0.3) is 0 Å². The Morgan fingerprint density at radius 2 is 1.73 bits per heavy atom. The molecule has 30 heavy (non-hydrogen) atoms. The van der Waals surface area contributed by atoms with Crippen molar-refractivity contribution >= 4 is 5.91 Å². The zero-order valence-corrected chi connectivity index (χ0v) is 18.3. The lowest BCUT2D eigenvalue weighted by molar-refractivity contribution is -0.134. The maximum atomic E-state index is 13.8. The van der Waals surface area contributed by atoms with Gasteiger partial charge in [-0.05, 0) is 81.4 Å². The van der Waals surface area contributed by atoms with Crippen LogP contribution >= 0.6 is 0 Å². The van der Waals surface area contributed by atoms with E-state index in [-0.39, 0.29) is 5.41 Å². The topological polar surface area (TPSA) is 32.8 Å². The Labute approximate surface area is 180 Å². The molecule has 160 valence electrons. The number of amides is 1. The van der Waals surface area contributed by atoms with Crippen LogP contribution in [0.1, 0.15) is 36.8 Å². The standard InChI is InChI=1S/C26H34N2O2/c1-27-17-12-22(13-18-27)20-28(19-14-21-8-10-24(30-2)11-9-21)25(29)26(15-16-26)23-6-4-3-5-7-23/h3-11,22H,12-20H2,1-2H3. The molecule has 0 spiro atoms. The van der Waals surface area contributed by atoms with Gasteiger partial charge in [0.15, 0.2) is 0 Å². The van der Waals surface area contributed by atoms with Crippen LogP contribution in [0.4, 0.5) is 0 Å². The fraction of sp³-hybridized carbons (Fsp3) is 0.500. The number of ether oxygens (including phenoxy) is 1. The molecule has 0 radical (unpaired) electrons. The first-order valence-electron chi connectivity index (χ1n) is 11.3. The maximum absolute atomic E-state index is 13.8. The molecule has 2 aromatic rings. The van der Waals surface area contributed by atoms with E-state index in [2.05, 4.69) is 53.2 Å². The van der Waals surface area contributed by atoms with Crippen LogP contribution in [-0.2, 0) is 16.6 Å². The average molecular weight is 407 g/mol. The molecule has 2 fully saturated rings. The molecule has 0 unspecified atom stereocenters. The van der Waals surface area contributed by atoms with E-state index in [9.17, 15) is 4.79 Å². The SMILES string of the molecule is COc1ccc(CCN(CC2CCN(C)CC2)C(=O)C2(c3ccccc3)CC2)cc1. The van der Waals surface area contributed by atoms with Crippen LogP contribution in [0.25, 0.3) is 0 Å². The molecule has 1 aliphatic carbocycles. The van der Waals surface area contributed by atoms with Crippen LogP contribution < -0.4 is 4.74 Å². The molecule has 0 bridgehead atoms. The van der Waals surface area contributed by atoms with Crippen molar-refractivity contribution < 1.29 is 9.53 Å². The van der Waals surface area contributed by atoms with Gasteiger partial charge in [0, 0.05) is 13.1 Å². The largest absolute Gasteiger partial charge is 0.497 e. The number of hydrogen-bond acceptors (Lipinski definition) is 3. The molecule has 0 atom stereocenters. The highest BCUT2D eigenvalue weighted by molar-refractivity contribution is 5.91. The number of piperidine rings is 1. The van der Waals surface area contributed by atoms with E-state index in [0.29, 0.717) is 11.8 Å². The van der Waals surface area contributed by atoms with E-state index < -0.39 is 0 Å². The summed E-state index contributed by atoms with van der Waals surface area (Å²) in [7, 11) is 3.88. The van der Waals surface area contributed by atoms with Gasteiger partial charge in [-0.1, -0.05) is 42.5 Å². The lowest BCUT2D eigenvalue weighted by atomic mass is 9.92. The number of rotatable bonds is 8. The van der Waals surface area contributed by atoms with Crippen molar-refractivity contribution in [3.63, 3.8) is 0 Å². The Bertz CT molecular complexity index is 822. The van der Waals surface area contributed by atoms with Crippen LogP contribution in [0.3, 0.4) is 0 Å². The second-order valence-corrected chi connectivity index (χ2v) is 9.04. The fourth-order valence-electron chi connectivity index (χ4n) is 4.70. The minimum absolute atomic E-state index is 0.285. The molecule has 4 rings (SSSR count). The number of methoxy groups -OCH3 is 1. The van der Waals surface area contributed by atoms with Crippen molar-refractivity contribution in [1.29, 1.82) is 0 Å². The summed E-state index contributed by atoms with van der Waals surface area (Å²) in [4.78, 5) is 18.4. The molecule has 4 nitrogen and oxygen atoms in total. The highest BCUT2D eigenvalue weighted by Crippen LogP contribution is 2.49. The normalized spacial score (nSPS) is 18.7. The zero-order chi connectivity index (χ0) is 21.0. The van der Waals surface area contributed by atoms with Gasteiger partial charge in [-0.3, -0.25) is 4.79 Å². The predicted octanol–water partition coefficient (Wildman–Crippen LogP) is 4.14. The quantitative estimate of drug-likeness (QED) is 0.661. The summed E-state index contributed by atoms with van der Waals surface area (Å²) in [6.07, 6.45) is 5.19. The summed E-state index contributed by atoms with van der Waals surface area (Å²) in [5, 5.41) is 0. The molecule has 0 aromatic heterocycles. The smallest absolute Gasteiger partial charge is 0.233 e. The molecule has 0 N–H and O–H groups in total. The number of carbonyl (C=O) groups is 1. The van der Waals surface area contributed by atoms with Crippen molar-refractivity contribution in [3.8, 4) is 5.75 Å². The van der Waals surface area contributed by atoms with Crippen molar-refractivity contribution in [3.05, 3.63) is 65.7 Å². The number of hydrogen-bond donors (Lipinski definition) is 0. The minimum Gasteiger partial charge on any atom is -0.497 e. The minimum atomic E-state index is -0.285. The van der Waals surface area contributed by atoms with Crippen molar-refractivity contribution in [2.45, 2.75) is 37.5 Å². The highest BCUT2D eigenvalue weighted by Gasteiger charge is 2.53. The van der Waals surface area contributed by atoms with Gasteiger partial charge in [-0.2, -0.15) is 0 Å². The first-order valence-corrected chi connectivity index (χ1v) is 11.3. The number of benzene rings is 2. The monoisotopic (exact) mass is 406 g/mol. The number of likely N-dealkylation sites (tertiary alicyclic amines) is 1. The summed E-state index contributed by atoms with van der Waals surface area (Å²) in [6, 6.07) is 18.6. The van der Waals surface area contributed by atoms with Gasteiger partial charge < -0.3 is 14.5 Å². The fourth-order valence-corrected chi connectivity index (χ4v) is 4.70. The molecule has 1 saturated carbocycles. The Kier molecular flexibility index (Phi) is 6.43. The second-order valence-electron chi connectivity index (χ2n) is 9.04.